The third-order valence-electron chi connectivity index (χ3n) is 5.75. The smallest absolute Gasteiger partial charge is 0.303 e. The average molecular weight is 398 g/mol. The standard InChI is InChI=1S/C23H24ClNO3/c1-28-18-10-11-21-20(13-18)19-4-2-3-16(7-12-22(26)27)23(19)25(21)14-15-5-8-17(24)9-6-15/h5-6,8-11,13,16H,2-4,7,12,14H2,1H3,(H,26,27). The van der Waals surface area contributed by atoms with Gasteiger partial charge in [0.05, 0.1) is 7.11 Å². The Bertz CT molecular complexity index is 1010. The number of aryl methyl sites for hydroxylation is 1. The molecule has 0 bridgehead atoms. The number of aliphatic carboxylic acids is 1. The molecule has 1 atom stereocenters. The van der Waals surface area contributed by atoms with Gasteiger partial charge >= 0.3 is 5.97 Å². The third kappa shape index (κ3) is 3.61. The average Bonchev–Trinajstić information content (AvgIpc) is 3.01. The number of hydrogen-bond acceptors (Lipinski definition) is 2. The van der Waals surface area contributed by atoms with Gasteiger partial charge in [0, 0.05) is 40.5 Å². The van der Waals surface area contributed by atoms with Gasteiger partial charge in [-0.05, 0) is 67.1 Å². The fourth-order valence-corrected chi connectivity index (χ4v) is 4.59. The molecule has 0 amide bonds. The van der Waals surface area contributed by atoms with Crippen LogP contribution in [0.15, 0.2) is 42.5 Å². The SMILES string of the molecule is COc1ccc2c(c1)c1c(n2Cc2ccc(Cl)cc2)C(CCC(=O)O)CCC1. The highest BCUT2D eigenvalue weighted by Gasteiger charge is 2.28. The Morgan fingerprint density at radius 3 is 2.75 bits per heavy atom. The molecule has 1 heterocycles. The van der Waals surface area contributed by atoms with E-state index < -0.39 is 5.97 Å². The van der Waals surface area contributed by atoms with Crippen molar-refractivity contribution in [1.29, 1.82) is 0 Å². The van der Waals surface area contributed by atoms with E-state index in [4.69, 9.17) is 16.3 Å². The molecule has 4 rings (SSSR count). The first kappa shape index (κ1) is 18.9. The number of carboxylic acid groups (broad SMARTS) is 1. The van der Waals surface area contributed by atoms with E-state index in [2.05, 4.69) is 28.8 Å². The number of rotatable bonds is 6. The zero-order chi connectivity index (χ0) is 19.7. The minimum absolute atomic E-state index is 0.204. The van der Waals surface area contributed by atoms with Gasteiger partial charge in [-0.15, -0.1) is 0 Å². The fourth-order valence-electron chi connectivity index (χ4n) is 4.46. The fraction of sp³-hybridized carbons (Fsp3) is 0.348. The summed E-state index contributed by atoms with van der Waals surface area (Å²) in [7, 11) is 1.69. The summed E-state index contributed by atoms with van der Waals surface area (Å²) in [5, 5.41) is 11.1. The Kier molecular flexibility index (Phi) is 5.31. The van der Waals surface area contributed by atoms with Gasteiger partial charge in [-0.2, -0.15) is 0 Å². The normalized spacial score (nSPS) is 16.1. The number of methoxy groups -OCH3 is 1. The van der Waals surface area contributed by atoms with Gasteiger partial charge in [0.1, 0.15) is 5.75 Å². The first-order chi connectivity index (χ1) is 13.6. The molecule has 0 radical (unpaired) electrons. The summed E-state index contributed by atoms with van der Waals surface area (Å²) in [6, 6.07) is 14.2. The first-order valence-electron chi connectivity index (χ1n) is 9.72. The quantitative estimate of drug-likeness (QED) is 0.585. The molecule has 1 aliphatic rings. The molecule has 28 heavy (non-hydrogen) atoms. The van der Waals surface area contributed by atoms with Crippen LogP contribution in [0.1, 0.15) is 48.4 Å². The van der Waals surface area contributed by atoms with E-state index in [1.165, 1.54) is 27.7 Å². The number of carbonyl (C=O) groups is 1. The number of benzene rings is 2. The van der Waals surface area contributed by atoms with Crippen LogP contribution in [-0.2, 0) is 17.8 Å². The van der Waals surface area contributed by atoms with Gasteiger partial charge in [-0.3, -0.25) is 4.79 Å². The Morgan fingerprint density at radius 2 is 2.04 bits per heavy atom. The molecule has 5 heteroatoms. The van der Waals surface area contributed by atoms with Crippen LogP contribution in [-0.4, -0.2) is 22.8 Å². The summed E-state index contributed by atoms with van der Waals surface area (Å²) in [5.41, 5.74) is 5.01. The monoisotopic (exact) mass is 397 g/mol. The Morgan fingerprint density at radius 1 is 1.25 bits per heavy atom. The van der Waals surface area contributed by atoms with E-state index >= 15 is 0 Å². The third-order valence-corrected chi connectivity index (χ3v) is 6.00. The van der Waals surface area contributed by atoms with E-state index in [0.29, 0.717) is 6.42 Å². The molecule has 146 valence electrons. The van der Waals surface area contributed by atoms with Crippen LogP contribution >= 0.6 is 11.6 Å². The van der Waals surface area contributed by atoms with Crippen molar-refractivity contribution in [3.8, 4) is 5.75 Å². The minimum Gasteiger partial charge on any atom is -0.497 e. The largest absolute Gasteiger partial charge is 0.497 e. The number of hydrogen-bond donors (Lipinski definition) is 1. The number of ether oxygens (including phenoxy) is 1. The van der Waals surface area contributed by atoms with Crippen LogP contribution < -0.4 is 4.74 Å². The lowest BCUT2D eigenvalue weighted by molar-refractivity contribution is -0.137. The molecule has 2 aromatic carbocycles. The number of halogens is 1. The molecular weight excluding hydrogens is 374 g/mol. The Balaban J connectivity index is 1.84. The predicted octanol–water partition coefficient (Wildman–Crippen LogP) is 5.64. The van der Waals surface area contributed by atoms with Crippen molar-refractivity contribution in [2.75, 3.05) is 7.11 Å². The molecule has 1 aliphatic carbocycles. The van der Waals surface area contributed by atoms with Crippen molar-refractivity contribution >= 4 is 28.5 Å². The topological polar surface area (TPSA) is 51.5 Å². The second-order valence-electron chi connectivity index (χ2n) is 7.48. The van der Waals surface area contributed by atoms with Crippen molar-refractivity contribution in [2.24, 2.45) is 0 Å². The van der Waals surface area contributed by atoms with E-state index in [0.717, 1.165) is 36.6 Å². The highest BCUT2D eigenvalue weighted by atomic mass is 35.5. The van der Waals surface area contributed by atoms with Crippen molar-refractivity contribution in [3.05, 3.63) is 64.3 Å². The van der Waals surface area contributed by atoms with Crippen LogP contribution in [0.2, 0.25) is 5.02 Å². The van der Waals surface area contributed by atoms with Gasteiger partial charge in [-0.1, -0.05) is 23.7 Å². The summed E-state index contributed by atoms with van der Waals surface area (Å²) in [4.78, 5) is 11.2. The van der Waals surface area contributed by atoms with Crippen molar-refractivity contribution < 1.29 is 14.6 Å². The number of aromatic nitrogens is 1. The molecule has 0 aliphatic heterocycles. The number of fused-ring (bicyclic) bond motifs is 3. The second kappa shape index (κ2) is 7.88. The minimum atomic E-state index is -0.728. The Labute approximate surface area is 169 Å². The molecule has 1 unspecified atom stereocenters. The van der Waals surface area contributed by atoms with Gasteiger partial charge < -0.3 is 14.4 Å². The van der Waals surface area contributed by atoms with Crippen LogP contribution in [0.25, 0.3) is 10.9 Å². The van der Waals surface area contributed by atoms with Crippen molar-refractivity contribution in [3.63, 3.8) is 0 Å². The van der Waals surface area contributed by atoms with Crippen molar-refractivity contribution in [2.45, 2.75) is 44.6 Å². The molecule has 0 spiro atoms. The highest BCUT2D eigenvalue weighted by molar-refractivity contribution is 6.30. The van der Waals surface area contributed by atoms with Crippen LogP contribution in [0, 0.1) is 0 Å². The Hall–Kier alpha value is -2.46. The first-order valence-corrected chi connectivity index (χ1v) is 10.1. The lowest BCUT2D eigenvalue weighted by Gasteiger charge is -2.25. The van der Waals surface area contributed by atoms with E-state index in [-0.39, 0.29) is 12.3 Å². The molecule has 0 saturated carbocycles. The summed E-state index contributed by atoms with van der Waals surface area (Å²) in [6.45, 7) is 0.749. The summed E-state index contributed by atoms with van der Waals surface area (Å²) < 4.78 is 7.83. The lowest BCUT2D eigenvalue weighted by atomic mass is 9.84. The molecule has 0 fully saturated rings. The van der Waals surface area contributed by atoms with Gasteiger partial charge in [0.25, 0.3) is 0 Å². The van der Waals surface area contributed by atoms with Crippen LogP contribution in [0.5, 0.6) is 5.75 Å². The molecule has 1 N–H and O–H groups in total. The van der Waals surface area contributed by atoms with Crippen molar-refractivity contribution in [1.82, 2.24) is 4.57 Å². The molecule has 4 nitrogen and oxygen atoms in total. The zero-order valence-corrected chi connectivity index (χ0v) is 16.7. The lowest BCUT2D eigenvalue weighted by Crippen LogP contribution is -2.16. The van der Waals surface area contributed by atoms with Gasteiger partial charge in [0.2, 0.25) is 0 Å². The molecule has 0 saturated heterocycles. The van der Waals surface area contributed by atoms with E-state index in [9.17, 15) is 9.90 Å². The summed E-state index contributed by atoms with van der Waals surface area (Å²) in [6.07, 6.45) is 4.03. The van der Waals surface area contributed by atoms with E-state index in [1.54, 1.807) is 7.11 Å². The highest BCUT2D eigenvalue weighted by Crippen LogP contribution is 2.42. The van der Waals surface area contributed by atoms with Gasteiger partial charge in [-0.25, -0.2) is 0 Å². The maximum absolute atomic E-state index is 11.2. The second-order valence-corrected chi connectivity index (χ2v) is 7.92. The maximum atomic E-state index is 11.2. The predicted molar refractivity (Wildman–Crippen MR) is 112 cm³/mol. The molecule has 3 aromatic rings. The van der Waals surface area contributed by atoms with Crippen LogP contribution in [0.3, 0.4) is 0 Å². The van der Waals surface area contributed by atoms with Gasteiger partial charge in [0.15, 0.2) is 0 Å². The maximum Gasteiger partial charge on any atom is 0.303 e. The summed E-state index contributed by atoms with van der Waals surface area (Å²) in [5.74, 6) is 0.395. The number of nitrogens with zero attached hydrogens (tertiary/aromatic N) is 1. The zero-order valence-electron chi connectivity index (χ0n) is 16.0. The number of carboxylic acids is 1. The summed E-state index contributed by atoms with van der Waals surface area (Å²) >= 11 is 6.06. The molecule has 1 aromatic heterocycles. The van der Waals surface area contributed by atoms with Crippen LogP contribution in [0.4, 0.5) is 0 Å². The molecular formula is C23H24ClNO3. The van der Waals surface area contributed by atoms with E-state index in [1.807, 2.05) is 18.2 Å².